The number of unbranched alkanes of at least 4 members (excludes halogenated alkanes) is 2. The molecule has 0 spiro atoms. The zero-order chi connectivity index (χ0) is 9.61. The molecule has 0 heterocycles. The molecule has 0 fully saturated rings. The second-order valence-corrected chi connectivity index (χ2v) is 4.58. The maximum absolute atomic E-state index is 10.7. The third-order valence-corrected chi connectivity index (χ3v) is 3.38. The van der Waals surface area contributed by atoms with E-state index in [0.29, 0.717) is 12.8 Å². The first-order chi connectivity index (χ1) is 5.56. The molecule has 1 unspecified atom stereocenters. The molecule has 0 aromatic heterocycles. The minimum absolute atomic E-state index is 0.582. The highest BCUT2D eigenvalue weighted by Gasteiger charge is 2.24. The Labute approximate surface area is 82.5 Å². The van der Waals surface area contributed by atoms with E-state index in [0.717, 1.165) is 19.3 Å². The zero-order valence-corrected chi connectivity index (χ0v) is 9.32. The van der Waals surface area contributed by atoms with Gasteiger partial charge in [0.05, 0.1) is 10.3 Å². The first-order valence-corrected chi connectivity index (χ1v) is 5.26. The third kappa shape index (κ3) is 3.57. The average Bonchev–Trinajstić information content (AvgIpc) is 2.04. The van der Waals surface area contributed by atoms with Crippen molar-refractivity contribution >= 4 is 21.9 Å². The lowest BCUT2D eigenvalue weighted by molar-refractivity contribution is -0.309. The number of carbonyl (C=O) groups is 1. The summed E-state index contributed by atoms with van der Waals surface area (Å²) in [7, 11) is 0. The first kappa shape index (κ1) is 11.9. The van der Waals surface area contributed by atoms with E-state index in [-0.39, 0.29) is 0 Å². The number of carbonyl (C=O) groups excluding carboxylic acids is 1. The maximum Gasteiger partial charge on any atom is 0.0648 e. The molecule has 12 heavy (non-hydrogen) atoms. The van der Waals surface area contributed by atoms with Gasteiger partial charge in [0.15, 0.2) is 0 Å². The number of carboxylic acid groups (broad SMARTS) is 1. The van der Waals surface area contributed by atoms with Crippen molar-refractivity contribution in [3.8, 4) is 0 Å². The van der Waals surface area contributed by atoms with Gasteiger partial charge in [-0.15, -0.1) is 0 Å². The Bertz CT molecular complexity index is 147. The fraction of sp³-hybridized carbons (Fsp3) is 0.889. The number of hydrogen-bond donors (Lipinski definition) is 0. The van der Waals surface area contributed by atoms with Gasteiger partial charge in [0, 0.05) is 0 Å². The molecule has 0 N–H and O–H groups in total. The summed E-state index contributed by atoms with van der Waals surface area (Å²) in [6.07, 6.45) is 4.39. The number of alkyl halides is 1. The molecule has 0 aliphatic heterocycles. The molecule has 0 aliphatic carbocycles. The predicted octanol–water partition coefficient (Wildman–Crippen LogP) is 1.86. The number of aliphatic carboxylic acids is 1. The number of halogens is 1. The van der Waals surface area contributed by atoms with E-state index in [1.807, 2.05) is 6.92 Å². The normalized spacial score (nSPS) is 15.6. The van der Waals surface area contributed by atoms with Crippen LogP contribution in [0.5, 0.6) is 0 Å². The van der Waals surface area contributed by atoms with E-state index in [2.05, 4.69) is 22.9 Å². The number of hydrogen-bond acceptors (Lipinski definition) is 2. The molecule has 72 valence electrons. The van der Waals surface area contributed by atoms with Crippen molar-refractivity contribution in [3.05, 3.63) is 0 Å². The molecular formula is C9H16BrO2-. The van der Waals surface area contributed by atoms with E-state index < -0.39 is 10.3 Å². The van der Waals surface area contributed by atoms with Gasteiger partial charge in [-0.2, -0.15) is 0 Å². The Morgan fingerprint density at radius 2 is 2.00 bits per heavy atom. The van der Waals surface area contributed by atoms with Crippen LogP contribution in [0.25, 0.3) is 0 Å². The van der Waals surface area contributed by atoms with Gasteiger partial charge in [-0.25, -0.2) is 0 Å². The highest BCUT2D eigenvalue weighted by atomic mass is 79.9. The van der Waals surface area contributed by atoms with Crippen molar-refractivity contribution in [2.24, 2.45) is 0 Å². The van der Waals surface area contributed by atoms with Gasteiger partial charge in [0.2, 0.25) is 0 Å². The van der Waals surface area contributed by atoms with Gasteiger partial charge in [-0.05, 0) is 12.8 Å². The van der Waals surface area contributed by atoms with Crippen LogP contribution in [0.15, 0.2) is 0 Å². The van der Waals surface area contributed by atoms with Gasteiger partial charge in [-0.1, -0.05) is 49.0 Å². The fourth-order valence-corrected chi connectivity index (χ4v) is 1.36. The largest absolute Gasteiger partial charge is 0.549 e. The summed E-state index contributed by atoms with van der Waals surface area (Å²) in [6, 6.07) is 0. The topological polar surface area (TPSA) is 40.1 Å². The molecule has 0 saturated carbocycles. The van der Waals surface area contributed by atoms with Gasteiger partial charge >= 0.3 is 0 Å². The zero-order valence-electron chi connectivity index (χ0n) is 7.73. The second kappa shape index (κ2) is 5.57. The van der Waals surface area contributed by atoms with Crippen LogP contribution in [0.3, 0.4) is 0 Å². The molecule has 0 radical (unpaired) electrons. The molecule has 0 amide bonds. The molecule has 0 saturated heterocycles. The van der Waals surface area contributed by atoms with Crippen LogP contribution >= 0.6 is 15.9 Å². The Morgan fingerprint density at radius 3 is 2.33 bits per heavy atom. The number of carboxylic acids is 1. The van der Waals surface area contributed by atoms with Crippen LogP contribution in [-0.4, -0.2) is 10.3 Å². The molecule has 0 aliphatic rings. The van der Waals surface area contributed by atoms with E-state index in [1.165, 1.54) is 0 Å². The molecule has 3 heteroatoms. The van der Waals surface area contributed by atoms with Crippen molar-refractivity contribution < 1.29 is 9.90 Å². The highest BCUT2D eigenvalue weighted by Crippen LogP contribution is 2.28. The van der Waals surface area contributed by atoms with Crippen LogP contribution in [0.1, 0.15) is 46.0 Å². The summed E-state index contributed by atoms with van der Waals surface area (Å²) in [5.74, 6) is -0.985. The van der Waals surface area contributed by atoms with Crippen molar-refractivity contribution in [3.63, 3.8) is 0 Å². The summed E-state index contributed by atoms with van der Waals surface area (Å²) in [5.41, 5.74) is 0. The summed E-state index contributed by atoms with van der Waals surface area (Å²) in [4.78, 5) is 10.7. The number of rotatable bonds is 6. The fourth-order valence-electron chi connectivity index (χ4n) is 1.08. The van der Waals surface area contributed by atoms with Crippen molar-refractivity contribution in [1.29, 1.82) is 0 Å². The summed E-state index contributed by atoms with van der Waals surface area (Å²) >= 11 is 3.22. The Hall–Kier alpha value is -0.0500. The standard InChI is InChI=1S/C9H17BrO2/c1-3-5-6-7-9(10,4-2)8(11)12/h3-7H2,1-2H3,(H,11,12)/p-1. The molecule has 0 aromatic rings. The van der Waals surface area contributed by atoms with E-state index in [9.17, 15) is 9.90 Å². The summed E-state index contributed by atoms with van der Waals surface area (Å²) < 4.78 is -0.790. The second-order valence-electron chi connectivity index (χ2n) is 3.06. The van der Waals surface area contributed by atoms with Crippen LogP contribution in [0, 0.1) is 0 Å². The first-order valence-electron chi connectivity index (χ1n) is 4.47. The lowest BCUT2D eigenvalue weighted by Crippen LogP contribution is -2.43. The molecular weight excluding hydrogens is 220 g/mol. The van der Waals surface area contributed by atoms with E-state index >= 15 is 0 Å². The monoisotopic (exact) mass is 235 g/mol. The quantitative estimate of drug-likeness (QED) is 0.521. The SMILES string of the molecule is CCCCCC(Br)(CC)C(=O)[O-]. The van der Waals surface area contributed by atoms with Crippen molar-refractivity contribution in [2.75, 3.05) is 0 Å². The molecule has 2 nitrogen and oxygen atoms in total. The van der Waals surface area contributed by atoms with E-state index in [1.54, 1.807) is 0 Å². The Balaban J connectivity index is 3.88. The summed E-state index contributed by atoms with van der Waals surface area (Å²) in [6.45, 7) is 3.96. The summed E-state index contributed by atoms with van der Waals surface area (Å²) in [5, 5.41) is 10.7. The van der Waals surface area contributed by atoms with Gasteiger partial charge in [0.25, 0.3) is 0 Å². The molecule has 0 aromatic carbocycles. The van der Waals surface area contributed by atoms with Crippen LogP contribution in [0.2, 0.25) is 0 Å². The Kier molecular flexibility index (Phi) is 5.55. The predicted molar refractivity (Wildman–Crippen MR) is 51.1 cm³/mol. The van der Waals surface area contributed by atoms with Gasteiger partial charge in [-0.3, -0.25) is 0 Å². The third-order valence-electron chi connectivity index (χ3n) is 2.10. The van der Waals surface area contributed by atoms with Crippen LogP contribution in [0.4, 0.5) is 0 Å². The molecule has 0 bridgehead atoms. The van der Waals surface area contributed by atoms with Crippen LogP contribution in [-0.2, 0) is 4.79 Å². The lowest BCUT2D eigenvalue weighted by Gasteiger charge is -2.26. The minimum atomic E-state index is -0.985. The van der Waals surface area contributed by atoms with E-state index in [4.69, 9.17) is 0 Å². The maximum atomic E-state index is 10.7. The minimum Gasteiger partial charge on any atom is -0.549 e. The van der Waals surface area contributed by atoms with Gasteiger partial charge < -0.3 is 9.90 Å². The highest BCUT2D eigenvalue weighted by molar-refractivity contribution is 9.10. The lowest BCUT2D eigenvalue weighted by atomic mass is 9.99. The average molecular weight is 236 g/mol. The molecule has 1 atom stereocenters. The van der Waals surface area contributed by atoms with Crippen LogP contribution < -0.4 is 5.11 Å². The Morgan fingerprint density at radius 1 is 1.42 bits per heavy atom. The van der Waals surface area contributed by atoms with Gasteiger partial charge in [0.1, 0.15) is 0 Å². The van der Waals surface area contributed by atoms with Crippen molar-refractivity contribution in [1.82, 2.24) is 0 Å². The molecule has 0 rings (SSSR count). The smallest absolute Gasteiger partial charge is 0.0648 e. The van der Waals surface area contributed by atoms with Crippen molar-refractivity contribution in [2.45, 2.75) is 50.3 Å².